The van der Waals surface area contributed by atoms with Crippen molar-refractivity contribution in [2.24, 2.45) is 0 Å². The molecule has 202 valence electrons. The monoisotopic (exact) mass is 555 g/mol. The number of aromatic amines is 1. The van der Waals surface area contributed by atoms with Crippen LogP contribution >= 0.6 is 0 Å². The lowest BCUT2D eigenvalue weighted by atomic mass is 9.93. The third-order valence-corrected chi connectivity index (χ3v) is 9.85. The van der Waals surface area contributed by atoms with Gasteiger partial charge in [-0.25, -0.2) is 12.8 Å². The number of rotatable bonds is 5. The van der Waals surface area contributed by atoms with Crippen LogP contribution in [0.5, 0.6) is 5.75 Å². The number of fused-ring (bicyclic) bond motifs is 4. The molecule has 1 saturated heterocycles. The van der Waals surface area contributed by atoms with E-state index in [0.29, 0.717) is 34.5 Å². The summed E-state index contributed by atoms with van der Waals surface area (Å²) >= 11 is 0. The second kappa shape index (κ2) is 9.51. The summed E-state index contributed by atoms with van der Waals surface area (Å²) in [6.45, 7) is 0.948. The van der Waals surface area contributed by atoms with E-state index in [9.17, 15) is 12.8 Å². The molecule has 0 spiro atoms. The van der Waals surface area contributed by atoms with Crippen LogP contribution in [0.1, 0.15) is 28.9 Å². The lowest BCUT2D eigenvalue weighted by Crippen LogP contribution is -2.37. The molecule has 0 saturated carbocycles. The van der Waals surface area contributed by atoms with Crippen LogP contribution in [0.2, 0.25) is 0 Å². The normalized spacial score (nSPS) is 19.4. The summed E-state index contributed by atoms with van der Waals surface area (Å²) in [7, 11) is -2.50. The zero-order valence-electron chi connectivity index (χ0n) is 21.7. The first-order valence-corrected chi connectivity index (χ1v) is 14.5. The lowest BCUT2D eigenvalue weighted by molar-refractivity contribution is 0.155. The zero-order valence-corrected chi connectivity index (χ0v) is 22.5. The minimum atomic E-state index is -4.04. The first kappa shape index (κ1) is 24.9. The molecule has 2 aliphatic rings. The van der Waals surface area contributed by atoms with Crippen LogP contribution in [0.3, 0.4) is 0 Å². The van der Waals surface area contributed by atoms with Crippen molar-refractivity contribution in [3.05, 3.63) is 108 Å². The van der Waals surface area contributed by atoms with E-state index >= 15 is 0 Å². The molecule has 1 N–H and O–H groups in total. The van der Waals surface area contributed by atoms with Crippen LogP contribution in [0, 0.1) is 5.82 Å². The number of H-pyrrole nitrogens is 1. The summed E-state index contributed by atoms with van der Waals surface area (Å²) < 4.78 is 50.1. The molecule has 0 amide bonds. The first-order chi connectivity index (χ1) is 19.5. The lowest BCUT2D eigenvalue weighted by Gasteiger charge is -2.35. The standard InChI is InChI=1S/C30H26FN5O3S/c1-39-26-12-13-27(23-7-4-15-32-29(23)26)40(37,38)36-18-25-22-6-3-2-5-19(22)14-16-35(25)30(36)24-17-33-34-28(24)20-8-10-21(31)11-9-20/h2-13,15,17,25,30H,14,16,18H2,1H3,(H,33,34)/t25-,30+/m0/s1. The SMILES string of the molecule is COc1ccc(S(=O)(=O)N2C[C@H]3c4ccccc4CCN3[C@H]2c2cn[nH]c2-c2ccc(F)cc2)c2cccnc12. The third-order valence-electron chi connectivity index (χ3n) is 7.97. The van der Waals surface area contributed by atoms with E-state index in [2.05, 4.69) is 32.2 Å². The van der Waals surface area contributed by atoms with Gasteiger partial charge in [0, 0.05) is 35.8 Å². The molecule has 0 unspecified atom stereocenters. The molecular formula is C30H26FN5O3S. The fourth-order valence-corrected chi connectivity index (χ4v) is 7.91. The number of pyridine rings is 1. The van der Waals surface area contributed by atoms with Crippen molar-refractivity contribution in [3.8, 4) is 17.0 Å². The minimum Gasteiger partial charge on any atom is -0.494 e. The number of sulfonamides is 1. The topological polar surface area (TPSA) is 91.4 Å². The van der Waals surface area contributed by atoms with Crippen molar-refractivity contribution in [2.75, 3.05) is 20.2 Å². The Hall–Kier alpha value is -4.12. The molecular weight excluding hydrogens is 529 g/mol. The van der Waals surface area contributed by atoms with E-state index in [1.165, 1.54) is 17.7 Å². The van der Waals surface area contributed by atoms with Gasteiger partial charge in [0.1, 0.15) is 23.2 Å². The molecule has 1 fully saturated rings. The maximum absolute atomic E-state index is 14.7. The van der Waals surface area contributed by atoms with Gasteiger partial charge in [0.15, 0.2) is 0 Å². The fraction of sp³-hybridized carbons (Fsp3) is 0.200. The molecule has 8 nitrogen and oxygen atoms in total. The molecule has 40 heavy (non-hydrogen) atoms. The Morgan fingerprint density at radius 2 is 1.82 bits per heavy atom. The molecule has 5 aromatic rings. The Kier molecular flexibility index (Phi) is 5.92. The average Bonchev–Trinajstić information content (AvgIpc) is 3.62. The predicted molar refractivity (Wildman–Crippen MR) is 149 cm³/mol. The molecule has 0 aliphatic carbocycles. The van der Waals surface area contributed by atoms with Gasteiger partial charge in [-0.3, -0.25) is 15.0 Å². The van der Waals surface area contributed by atoms with Crippen molar-refractivity contribution >= 4 is 20.9 Å². The van der Waals surface area contributed by atoms with Gasteiger partial charge in [-0.1, -0.05) is 24.3 Å². The van der Waals surface area contributed by atoms with Crippen LogP contribution in [0.4, 0.5) is 4.39 Å². The number of hydrogen-bond donors (Lipinski definition) is 1. The number of aromatic nitrogens is 3. The molecule has 4 heterocycles. The number of nitrogens with one attached hydrogen (secondary N) is 1. The Morgan fingerprint density at radius 3 is 2.65 bits per heavy atom. The van der Waals surface area contributed by atoms with Crippen molar-refractivity contribution < 1.29 is 17.5 Å². The van der Waals surface area contributed by atoms with Gasteiger partial charge < -0.3 is 4.74 Å². The summed E-state index contributed by atoms with van der Waals surface area (Å²) in [4.78, 5) is 6.83. The summed E-state index contributed by atoms with van der Waals surface area (Å²) in [5.41, 5.74) is 4.95. The van der Waals surface area contributed by atoms with E-state index in [0.717, 1.165) is 17.5 Å². The van der Waals surface area contributed by atoms with E-state index in [4.69, 9.17) is 4.74 Å². The van der Waals surface area contributed by atoms with Gasteiger partial charge in [0.05, 0.1) is 29.9 Å². The third kappa shape index (κ3) is 3.82. The van der Waals surface area contributed by atoms with E-state index in [-0.39, 0.29) is 23.3 Å². The largest absolute Gasteiger partial charge is 0.494 e. The number of hydrogen-bond acceptors (Lipinski definition) is 6. The fourth-order valence-electron chi connectivity index (χ4n) is 6.14. The summed E-state index contributed by atoms with van der Waals surface area (Å²) in [6.07, 6.45) is 3.48. The van der Waals surface area contributed by atoms with Crippen molar-refractivity contribution in [1.29, 1.82) is 0 Å². The number of nitrogens with zero attached hydrogens (tertiary/aromatic N) is 4. The van der Waals surface area contributed by atoms with Crippen LogP contribution in [-0.2, 0) is 16.4 Å². The molecule has 2 atom stereocenters. The highest BCUT2D eigenvalue weighted by atomic mass is 32.2. The molecule has 2 aliphatic heterocycles. The Morgan fingerprint density at radius 1 is 1.00 bits per heavy atom. The molecule has 0 radical (unpaired) electrons. The Labute approximate surface area is 231 Å². The highest BCUT2D eigenvalue weighted by molar-refractivity contribution is 7.89. The van der Waals surface area contributed by atoms with Crippen LogP contribution in [-0.4, -0.2) is 53.0 Å². The van der Waals surface area contributed by atoms with Crippen molar-refractivity contribution in [3.63, 3.8) is 0 Å². The van der Waals surface area contributed by atoms with Crippen molar-refractivity contribution in [1.82, 2.24) is 24.4 Å². The van der Waals surface area contributed by atoms with E-state index in [1.54, 1.807) is 60.2 Å². The first-order valence-electron chi connectivity index (χ1n) is 13.0. The number of halogens is 1. The maximum atomic E-state index is 14.7. The van der Waals surface area contributed by atoms with Gasteiger partial charge in [0.25, 0.3) is 0 Å². The maximum Gasteiger partial charge on any atom is 0.245 e. The van der Waals surface area contributed by atoms with Gasteiger partial charge in [0.2, 0.25) is 10.0 Å². The number of methoxy groups -OCH3 is 1. The smallest absolute Gasteiger partial charge is 0.245 e. The second-order valence-corrected chi connectivity index (χ2v) is 11.9. The van der Waals surface area contributed by atoms with Crippen LogP contribution < -0.4 is 4.74 Å². The van der Waals surface area contributed by atoms with Gasteiger partial charge in [-0.05, 0) is 66.1 Å². The van der Waals surface area contributed by atoms with Gasteiger partial charge >= 0.3 is 0 Å². The van der Waals surface area contributed by atoms with Crippen molar-refractivity contribution in [2.45, 2.75) is 23.5 Å². The summed E-state index contributed by atoms with van der Waals surface area (Å²) in [5, 5.41) is 7.86. The quantitative estimate of drug-likeness (QED) is 0.326. The molecule has 3 aromatic carbocycles. The van der Waals surface area contributed by atoms with E-state index < -0.39 is 16.2 Å². The van der Waals surface area contributed by atoms with Crippen LogP contribution in [0.25, 0.3) is 22.2 Å². The summed E-state index contributed by atoms with van der Waals surface area (Å²) in [5.74, 6) is 0.162. The Bertz CT molecular complexity index is 1840. The average molecular weight is 556 g/mol. The van der Waals surface area contributed by atoms with Gasteiger partial charge in [-0.15, -0.1) is 0 Å². The van der Waals surface area contributed by atoms with E-state index in [1.807, 2.05) is 12.1 Å². The molecule has 10 heteroatoms. The molecule has 2 aromatic heterocycles. The van der Waals surface area contributed by atoms with Crippen LogP contribution in [0.15, 0.2) is 90.1 Å². The Balaban J connectivity index is 1.41. The zero-order chi connectivity index (χ0) is 27.4. The minimum absolute atomic E-state index is 0.136. The number of ether oxygens (including phenoxy) is 1. The van der Waals surface area contributed by atoms with Gasteiger partial charge in [-0.2, -0.15) is 9.40 Å². The second-order valence-electron chi connectivity index (χ2n) is 10.0. The predicted octanol–water partition coefficient (Wildman–Crippen LogP) is 5.08. The number of benzene rings is 3. The molecule has 0 bridgehead atoms. The summed E-state index contributed by atoms with van der Waals surface area (Å²) in [6, 6.07) is 20.9. The molecule has 7 rings (SSSR count). The highest BCUT2D eigenvalue weighted by Gasteiger charge is 2.50. The highest BCUT2D eigenvalue weighted by Crippen LogP contribution is 2.48.